The monoisotopic (exact) mass is 318 g/mol. The molecule has 2 aliphatic rings. The normalized spacial score (nSPS) is 35.2. The number of hydrogen-bond acceptors (Lipinski definition) is 1. The molecule has 0 amide bonds. The van der Waals surface area contributed by atoms with Crippen molar-refractivity contribution in [2.75, 3.05) is 0 Å². The minimum Gasteiger partial charge on any atom is -0.385 e. The Bertz CT molecular complexity index is 496. The second kappa shape index (κ2) is 7.34. The van der Waals surface area contributed by atoms with E-state index in [1.54, 1.807) is 12.1 Å². The number of hydrogen-bond donors (Lipinski definition) is 1. The van der Waals surface area contributed by atoms with Gasteiger partial charge in [0.1, 0.15) is 5.82 Å². The third kappa shape index (κ3) is 3.79. The van der Waals surface area contributed by atoms with Gasteiger partial charge in [-0.05, 0) is 62.3 Å². The highest BCUT2D eigenvalue weighted by molar-refractivity contribution is 5.24. The molecular weight excluding hydrogens is 287 g/mol. The zero-order valence-corrected chi connectivity index (χ0v) is 14.4. The Morgan fingerprint density at radius 2 is 1.61 bits per heavy atom. The van der Waals surface area contributed by atoms with Crippen molar-refractivity contribution >= 4 is 0 Å². The molecule has 0 aliphatic heterocycles. The minimum atomic E-state index is -0.943. The number of halogens is 1. The molecule has 2 saturated carbocycles. The first-order valence-corrected chi connectivity index (χ1v) is 9.60. The van der Waals surface area contributed by atoms with Crippen molar-refractivity contribution in [3.05, 3.63) is 35.6 Å². The molecule has 128 valence electrons. The topological polar surface area (TPSA) is 20.2 Å². The van der Waals surface area contributed by atoms with Crippen molar-refractivity contribution in [1.82, 2.24) is 0 Å². The van der Waals surface area contributed by atoms with Crippen LogP contribution >= 0.6 is 0 Å². The fraction of sp³-hybridized carbons (Fsp3) is 0.714. The fourth-order valence-electron chi connectivity index (χ4n) is 5.05. The highest BCUT2D eigenvalue weighted by Gasteiger charge is 2.39. The lowest BCUT2D eigenvalue weighted by Crippen LogP contribution is -2.35. The maximum atomic E-state index is 14.0. The van der Waals surface area contributed by atoms with E-state index < -0.39 is 5.60 Å². The number of rotatable bonds is 4. The van der Waals surface area contributed by atoms with Crippen LogP contribution in [0.2, 0.25) is 0 Å². The summed E-state index contributed by atoms with van der Waals surface area (Å²) in [6.45, 7) is 2.29. The molecule has 0 saturated heterocycles. The van der Waals surface area contributed by atoms with Crippen molar-refractivity contribution in [3.8, 4) is 0 Å². The summed E-state index contributed by atoms with van der Waals surface area (Å²) >= 11 is 0. The van der Waals surface area contributed by atoms with Crippen molar-refractivity contribution < 1.29 is 9.50 Å². The van der Waals surface area contributed by atoms with Gasteiger partial charge in [0.25, 0.3) is 0 Å². The Morgan fingerprint density at radius 3 is 2.22 bits per heavy atom. The Balaban J connectivity index is 1.56. The lowest BCUT2D eigenvalue weighted by Gasteiger charge is -2.41. The first-order chi connectivity index (χ1) is 11.1. The van der Waals surface area contributed by atoms with Gasteiger partial charge >= 0.3 is 0 Å². The quantitative estimate of drug-likeness (QED) is 0.742. The fourth-order valence-corrected chi connectivity index (χ4v) is 5.05. The van der Waals surface area contributed by atoms with Gasteiger partial charge in [0, 0.05) is 5.56 Å². The zero-order valence-electron chi connectivity index (χ0n) is 14.4. The van der Waals surface area contributed by atoms with Crippen LogP contribution in [0.3, 0.4) is 0 Å². The summed E-state index contributed by atoms with van der Waals surface area (Å²) in [6, 6.07) is 6.75. The summed E-state index contributed by atoms with van der Waals surface area (Å²) in [7, 11) is 0. The molecule has 0 atom stereocenters. The van der Waals surface area contributed by atoms with E-state index in [1.165, 1.54) is 44.6 Å². The van der Waals surface area contributed by atoms with Gasteiger partial charge in [-0.15, -0.1) is 0 Å². The van der Waals surface area contributed by atoms with Gasteiger partial charge in [0.15, 0.2) is 0 Å². The highest BCUT2D eigenvalue weighted by Crippen LogP contribution is 2.46. The van der Waals surface area contributed by atoms with E-state index >= 15 is 0 Å². The van der Waals surface area contributed by atoms with E-state index in [9.17, 15) is 9.50 Å². The molecule has 0 aromatic heterocycles. The zero-order chi connectivity index (χ0) is 16.3. The number of benzene rings is 1. The highest BCUT2D eigenvalue weighted by atomic mass is 19.1. The minimum absolute atomic E-state index is 0.256. The molecule has 1 aromatic rings. The van der Waals surface area contributed by atoms with E-state index in [4.69, 9.17) is 0 Å². The van der Waals surface area contributed by atoms with Crippen LogP contribution in [0.1, 0.15) is 76.7 Å². The summed E-state index contributed by atoms with van der Waals surface area (Å²) < 4.78 is 14.0. The predicted octanol–water partition coefficient (Wildman–Crippen LogP) is 5.81. The van der Waals surface area contributed by atoms with Crippen LogP contribution in [0.25, 0.3) is 0 Å². The Labute approximate surface area is 140 Å². The summed E-state index contributed by atoms with van der Waals surface area (Å²) in [5.41, 5.74) is -0.438. The van der Waals surface area contributed by atoms with Gasteiger partial charge in [-0.2, -0.15) is 0 Å². The molecular formula is C21H31FO. The molecule has 0 unspecified atom stereocenters. The van der Waals surface area contributed by atoms with Crippen LogP contribution in [0.5, 0.6) is 0 Å². The van der Waals surface area contributed by atoms with Crippen LogP contribution in [0.4, 0.5) is 4.39 Å². The van der Waals surface area contributed by atoms with Gasteiger partial charge in [-0.1, -0.05) is 50.8 Å². The smallest absolute Gasteiger partial charge is 0.129 e. The third-order valence-corrected chi connectivity index (χ3v) is 6.49. The van der Waals surface area contributed by atoms with Crippen LogP contribution in [-0.4, -0.2) is 5.11 Å². The lowest BCUT2D eigenvalue weighted by atomic mass is 9.66. The summed E-state index contributed by atoms with van der Waals surface area (Å²) in [5.74, 6) is 2.28. The molecule has 23 heavy (non-hydrogen) atoms. The summed E-state index contributed by atoms with van der Waals surface area (Å²) in [5, 5.41) is 10.9. The van der Waals surface area contributed by atoms with Crippen molar-refractivity contribution in [3.63, 3.8) is 0 Å². The van der Waals surface area contributed by atoms with Gasteiger partial charge in [0.2, 0.25) is 0 Å². The summed E-state index contributed by atoms with van der Waals surface area (Å²) in [6.07, 6.45) is 11.8. The van der Waals surface area contributed by atoms with E-state index in [2.05, 4.69) is 6.92 Å². The van der Waals surface area contributed by atoms with Gasteiger partial charge in [-0.25, -0.2) is 4.39 Å². The van der Waals surface area contributed by atoms with Crippen LogP contribution in [0, 0.1) is 23.6 Å². The Kier molecular flexibility index (Phi) is 5.41. The Morgan fingerprint density at radius 1 is 1.00 bits per heavy atom. The van der Waals surface area contributed by atoms with E-state index in [-0.39, 0.29) is 5.82 Å². The first kappa shape index (κ1) is 17.0. The number of aliphatic hydroxyl groups is 1. The van der Waals surface area contributed by atoms with E-state index in [0.717, 1.165) is 30.6 Å². The maximum Gasteiger partial charge on any atom is 0.129 e. The SMILES string of the molecule is CCCC1CCC(C2CCC(O)(c3ccccc3F)CC2)CC1. The second-order valence-electron chi connectivity index (χ2n) is 7.92. The second-order valence-corrected chi connectivity index (χ2v) is 7.92. The van der Waals surface area contributed by atoms with Crippen molar-refractivity contribution in [2.24, 2.45) is 17.8 Å². The molecule has 0 bridgehead atoms. The average Bonchev–Trinajstić information content (AvgIpc) is 2.57. The molecule has 0 heterocycles. The van der Waals surface area contributed by atoms with E-state index in [0.29, 0.717) is 18.4 Å². The van der Waals surface area contributed by atoms with E-state index in [1.807, 2.05) is 6.07 Å². The molecule has 1 nitrogen and oxygen atoms in total. The molecule has 0 radical (unpaired) electrons. The van der Waals surface area contributed by atoms with Crippen LogP contribution < -0.4 is 0 Å². The molecule has 3 rings (SSSR count). The molecule has 2 fully saturated rings. The van der Waals surface area contributed by atoms with Crippen molar-refractivity contribution in [2.45, 2.75) is 76.7 Å². The van der Waals surface area contributed by atoms with Crippen LogP contribution in [0.15, 0.2) is 24.3 Å². The van der Waals surface area contributed by atoms with Gasteiger partial charge in [-0.3, -0.25) is 0 Å². The average molecular weight is 318 g/mol. The third-order valence-electron chi connectivity index (χ3n) is 6.49. The standard InChI is InChI=1S/C21H31FO/c1-2-5-16-8-10-17(11-9-16)18-12-14-21(23,15-13-18)19-6-3-4-7-20(19)22/h3-4,6-7,16-18,23H,2,5,8-15H2,1H3. The molecule has 0 spiro atoms. The summed E-state index contributed by atoms with van der Waals surface area (Å²) in [4.78, 5) is 0. The van der Waals surface area contributed by atoms with Gasteiger partial charge < -0.3 is 5.11 Å². The maximum absolute atomic E-state index is 14.0. The molecule has 1 N–H and O–H groups in total. The van der Waals surface area contributed by atoms with Crippen molar-refractivity contribution in [1.29, 1.82) is 0 Å². The Hall–Kier alpha value is -0.890. The predicted molar refractivity (Wildman–Crippen MR) is 92.6 cm³/mol. The largest absolute Gasteiger partial charge is 0.385 e. The first-order valence-electron chi connectivity index (χ1n) is 9.60. The van der Waals surface area contributed by atoms with Gasteiger partial charge in [0.05, 0.1) is 5.60 Å². The molecule has 1 aromatic carbocycles. The molecule has 2 aliphatic carbocycles. The molecule has 2 heteroatoms. The van der Waals surface area contributed by atoms with Crippen LogP contribution in [-0.2, 0) is 5.60 Å². The lowest BCUT2D eigenvalue weighted by molar-refractivity contribution is -0.0286.